The molecule has 4 aromatic rings. The van der Waals surface area contributed by atoms with E-state index >= 15 is 4.39 Å². The zero-order valence-corrected chi connectivity index (χ0v) is 23.7. The van der Waals surface area contributed by atoms with Gasteiger partial charge in [-0.1, -0.05) is 6.07 Å². The minimum absolute atomic E-state index is 0.00993. The van der Waals surface area contributed by atoms with E-state index in [2.05, 4.69) is 57.2 Å². The fraction of sp³-hybridized carbons (Fsp3) is 0.448. The third-order valence-corrected chi connectivity index (χ3v) is 7.20. The summed E-state index contributed by atoms with van der Waals surface area (Å²) in [5, 5.41) is 3.12. The van der Waals surface area contributed by atoms with Crippen molar-refractivity contribution in [3.8, 4) is 11.3 Å². The molecule has 0 fully saturated rings. The minimum Gasteiger partial charge on any atom is -0.323 e. The molecule has 4 heterocycles. The van der Waals surface area contributed by atoms with Gasteiger partial charge in [0, 0.05) is 48.9 Å². The first-order valence-electron chi connectivity index (χ1n) is 13.3. The predicted octanol–water partition coefficient (Wildman–Crippen LogP) is 5.28. The molecule has 0 saturated carbocycles. The van der Waals surface area contributed by atoms with Crippen LogP contribution in [0.2, 0.25) is 0 Å². The Morgan fingerprint density at radius 1 is 1.08 bits per heavy atom. The molecule has 206 valence electrons. The van der Waals surface area contributed by atoms with Gasteiger partial charge in [0.15, 0.2) is 11.6 Å². The maximum atomic E-state index is 15.1. The van der Waals surface area contributed by atoms with Gasteiger partial charge in [-0.05, 0) is 72.5 Å². The second-order valence-electron chi connectivity index (χ2n) is 11.6. The number of pyridine rings is 1. The Balaban J connectivity index is 1.43. The number of imidazole rings is 1. The van der Waals surface area contributed by atoms with E-state index < -0.39 is 11.6 Å². The standard InChI is InChI=1S/C29H36F2N8/c1-17-12-23-19(16-38(17)11-10-37(6)7)8-9-25(34-23)35-28-32-15-22(31)26(36-28)20-13-21(30)27-24(14-20)39(18(2)33-27)29(3,4)5/h8-9,13-15,17H,10-12,16H2,1-7H3,(H,32,34,35,36). The van der Waals surface area contributed by atoms with Crippen LogP contribution in [0.15, 0.2) is 30.5 Å². The topological polar surface area (TPSA) is 75.0 Å². The quantitative estimate of drug-likeness (QED) is 0.361. The molecule has 0 amide bonds. The lowest BCUT2D eigenvalue weighted by molar-refractivity contribution is 0.166. The highest BCUT2D eigenvalue weighted by molar-refractivity contribution is 5.83. The number of fused-ring (bicyclic) bond motifs is 2. The normalized spacial score (nSPS) is 16.2. The van der Waals surface area contributed by atoms with Crippen LogP contribution < -0.4 is 5.32 Å². The van der Waals surface area contributed by atoms with Crippen molar-refractivity contribution in [3.05, 3.63) is 59.2 Å². The molecule has 1 aromatic carbocycles. The third-order valence-electron chi connectivity index (χ3n) is 7.20. The molecule has 1 aliphatic heterocycles. The zero-order valence-electron chi connectivity index (χ0n) is 23.7. The summed E-state index contributed by atoms with van der Waals surface area (Å²) in [4.78, 5) is 22.4. The summed E-state index contributed by atoms with van der Waals surface area (Å²) in [6, 6.07) is 7.35. The number of halogens is 2. The SMILES string of the molecule is Cc1nc2c(F)cc(-c3nc(Nc4ccc5c(n4)CC(C)N(CCN(C)C)C5)ncc3F)cc2n1C(C)(C)C. The van der Waals surface area contributed by atoms with Gasteiger partial charge in [-0.25, -0.2) is 28.7 Å². The fourth-order valence-corrected chi connectivity index (χ4v) is 5.31. The lowest BCUT2D eigenvalue weighted by Gasteiger charge is -2.35. The van der Waals surface area contributed by atoms with Crippen LogP contribution >= 0.6 is 0 Å². The zero-order chi connectivity index (χ0) is 28.1. The van der Waals surface area contributed by atoms with E-state index in [0.717, 1.165) is 37.9 Å². The average Bonchev–Trinajstić information content (AvgIpc) is 3.20. The molecule has 0 saturated heterocycles. The van der Waals surface area contributed by atoms with Gasteiger partial charge in [-0.2, -0.15) is 0 Å². The van der Waals surface area contributed by atoms with Crippen molar-refractivity contribution in [3.63, 3.8) is 0 Å². The Hall–Kier alpha value is -3.50. The van der Waals surface area contributed by atoms with Gasteiger partial charge in [-0.3, -0.25) is 4.90 Å². The summed E-state index contributed by atoms with van der Waals surface area (Å²) in [6.07, 6.45) is 1.94. The lowest BCUT2D eigenvalue weighted by atomic mass is 9.99. The Labute approximate surface area is 228 Å². The van der Waals surface area contributed by atoms with Crippen LogP contribution in [0.4, 0.5) is 20.5 Å². The van der Waals surface area contributed by atoms with E-state index in [1.54, 1.807) is 6.07 Å². The third kappa shape index (κ3) is 5.49. The van der Waals surface area contributed by atoms with Crippen molar-refractivity contribution in [2.24, 2.45) is 0 Å². The van der Waals surface area contributed by atoms with Crippen molar-refractivity contribution in [1.29, 1.82) is 0 Å². The van der Waals surface area contributed by atoms with Gasteiger partial charge >= 0.3 is 0 Å². The summed E-state index contributed by atoms with van der Waals surface area (Å²) in [7, 11) is 4.17. The van der Waals surface area contributed by atoms with Crippen LogP contribution in [0, 0.1) is 18.6 Å². The minimum atomic E-state index is -0.636. The Morgan fingerprint density at radius 2 is 1.85 bits per heavy atom. The van der Waals surface area contributed by atoms with E-state index in [9.17, 15) is 4.39 Å². The molecule has 1 aliphatic rings. The Kier molecular flexibility index (Phi) is 7.11. The first kappa shape index (κ1) is 27.1. The average molecular weight is 535 g/mol. The van der Waals surface area contributed by atoms with E-state index in [-0.39, 0.29) is 22.7 Å². The number of hydrogen-bond acceptors (Lipinski definition) is 7. The molecule has 0 radical (unpaired) electrons. The summed E-state index contributed by atoms with van der Waals surface area (Å²) in [5.41, 5.74) is 3.08. The summed E-state index contributed by atoms with van der Waals surface area (Å²) < 4.78 is 32.0. The van der Waals surface area contributed by atoms with Gasteiger partial charge in [0.1, 0.15) is 22.9 Å². The van der Waals surface area contributed by atoms with Gasteiger partial charge in [0.05, 0.1) is 11.7 Å². The van der Waals surface area contributed by atoms with Crippen molar-refractivity contribution in [1.82, 2.24) is 34.3 Å². The molecule has 1 N–H and O–H groups in total. The number of nitrogens with one attached hydrogen (secondary N) is 1. The van der Waals surface area contributed by atoms with Crippen molar-refractivity contribution < 1.29 is 8.78 Å². The number of nitrogens with zero attached hydrogens (tertiary/aromatic N) is 7. The molecule has 0 bridgehead atoms. The highest BCUT2D eigenvalue weighted by atomic mass is 19.1. The summed E-state index contributed by atoms with van der Waals surface area (Å²) in [5.74, 6) is 0.307. The van der Waals surface area contributed by atoms with Gasteiger partial charge < -0.3 is 14.8 Å². The smallest absolute Gasteiger partial charge is 0.229 e. The molecule has 8 nitrogen and oxygen atoms in total. The summed E-state index contributed by atoms with van der Waals surface area (Å²) in [6.45, 7) is 13.0. The van der Waals surface area contributed by atoms with E-state index in [4.69, 9.17) is 4.98 Å². The van der Waals surface area contributed by atoms with Crippen molar-refractivity contribution >= 4 is 22.8 Å². The highest BCUT2D eigenvalue weighted by Crippen LogP contribution is 2.32. The molecule has 5 rings (SSSR count). The molecular formula is C29H36F2N8. The number of hydrogen-bond donors (Lipinski definition) is 1. The Bertz CT molecular complexity index is 1520. The second kappa shape index (κ2) is 10.2. The fourth-order valence-electron chi connectivity index (χ4n) is 5.31. The number of likely N-dealkylation sites (N-methyl/N-ethyl adjacent to an activating group) is 1. The molecule has 0 aliphatic carbocycles. The predicted molar refractivity (Wildman–Crippen MR) is 150 cm³/mol. The van der Waals surface area contributed by atoms with Crippen LogP contribution in [0.3, 0.4) is 0 Å². The van der Waals surface area contributed by atoms with E-state index in [1.807, 2.05) is 38.3 Å². The maximum absolute atomic E-state index is 15.1. The molecule has 10 heteroatoms. The number of aromatic nitrogens is 5. The Morgan fingerprint density at radius 3 is 2.56 bits per heavy atom. The second-order valence-corrected chi connectivity index (χ2v) is 11.6. The molecule has 39 heavy (non-hydrogen) atoms. The molecule has 1 unspecified atom stereocenters. The number of benzene rings is 1. The molecule has 0 spiro atoms. The molecular weight excluding hydrogens is 498 g/mol. The van der Waals surface area contributed by atoms with Crippen LogP contribution in [-0.2, 0) is 18.5 Å². The van der Waals surface area contributed by atoms with E-state index in [1.165, 1.54) is 11.6 Å². The van der Waals surface area contributed by atoms with E-state index in [0.29, 0.717) is 28.8 Å². The lowest BCUT2D eigenvalue weighted by Crippen LogP contribution is -2.42. The largest absolute Gasteiger partial charge is 0.323 e. The molecule has 3 aromatic heterocycles. The first-order valence-corrected chi connectivity index (χ1v) is 13.3. The van der Waals surface area contributed by atoms with Crippen molar-refractivity contribution in [2.45, 2.75) is 59.2 Å². The van der Waals surface area contributed by atoms with Crippen LogP contribution in [0.25, 0.3) is 22.3 Å². The van der Waals surface area contributed by atoms with Crippen LogP contribution in [-0.4, -0.2) is 67.5 Å². The maximum Gasteiger partial charge on any atom is 0.229 e. The van der Waals surface area contributed by atoms with Crippen LogP contribution in [0.1, 0.15) is 44.8 Å². The van der Waals surface area contributed by atoms with Crippen molar-refractivity contribution in [2.75, 3.05) is 32.5 Å². The van der Waals surface area contributed by atoms with Gasteiger partial charge in [0.25, 0.3) is 0 Å². The highest BCUT2D eigenvalue weighted by Gasteiger charge is 2.25. The first-order chi connectivity index (χ1) is 18.4. The number of anilines is 2. The van der Waals surface area contributed by atoms with Gasteiger partial charge in [-0.15, -0.1) is 0 Å². The monoisotopic (exact) mass is 534 g/mol. The van der Waals surface area contributed by atoms with Crippen LogP contribution in [0.5, 0.6) is 0 Å². The number of aryl methyl sites for hydroxylation is 1. The summed E-state index contributed by atoms with van der Waals surface area (Å²) >= 11 is 0. The van der Waals surface area contributed by atoms with Gasteiger partial charge in [0.2, 0.25) is 5.95 Å². The number of rotatable bonds is 6. The molecule has 1 atom stereocenters.